The maximum atomic E-state index is 14.4. The van der Waals surface area contributed by atoms with Crippen molar-refractivity contribution in [2.75, 3.05) is 7.11 Å². The number of hydrogen-bond acceptors (Lipinski definition) is 4. The maximum Gasteiger partial charge on any atom is 0.349 e. The predicted molar refractivity (Wildman–Crippen MR) is 81.3 cm³/mol. The molecule has 0 saturated heterocycles. The average Bonchev–Trinajstić information content (AvgIpc) is 2.91. The molecule has 0 radical (unpaired) electrons. The standard InChI is InChI=1S/C16H15F3O3S/c1-16(2,3)22-15(20)14-8(5-6-23-14)9-7-10(17)12(19)13(21-4)11(9)18/h5-7H,1-4H3. The highest BCUT2D eigenvalue weighted by Crippen LogP contribution is 2.37. The molecule has 1 aromatic heterocycles. The number of halogens is 3. The fraction of sp³-hybridized carbons (Fsp3) is 0.312. The average molecular weight is 344 g/mol. The fourth-order valence-corrected chi connectivity index (χ4v) is 2.74. The molecule has 0 saturated carbocycles. The number of thiophene rings is 1. The molecule has 124 valence electrons. The van der Waals surface area contributed by atoms with Gasteiger partial charge in [-0.3, -0.25) is 0 Å². The van der Waals surface area contributed by atoms with Crippen LogP contribution >= 0.6 is 11.3 Å². The summed E-state index contributed by atoms with van der Waals surface area (Å²) in [6, 6.07) is 2.14. The van der Waals surface area contributed by atoms with Crippen LogP contribution in [0.25, 0.3) is 11.1 Å². The molecule has 23 heavy (non-hydrogen) atoms. The second-order valence-electron chi connectivity index (χ2n) is 5.73. The second-order valence-corrected chi connectivity index (χ2v) is 6.65. The van der Waals surface area contributed by atoms with Crippen molar-refractivity contribution < 1.29 is 27.4 Å². The van der Waals surface area contributed by atoms with E-state index in [-0.39, 0.29) is 16.0 Å². The molecule has 2 rings (SSSR count). The number of methoxy groups -OCH3 is 1. The van der Waals surface area contributed by atoms with Gasteiger partial charge >= 0.3 is 5.97 Å². The van der Waals surface area contributed by atoms with Gasteiger partial charge in [-0.15, -0.1) is 11.3 Å². The van der Waals surface area contributed by atoms with Gasteiger partial charge in [-0.25, -0.2) is 13.6 Å². The Morgan fingerprint density at radius 3 is 2.35 bits per heavy atom. The summed E-state index contributed by atoms with van der Waals surface area (Å²) in [5.41, 5.74) is -0.871. The van der Waals surface area contributed by atoms with Crippen molar-refractivity contribution in [2.24, 2.45) is 0 Å². The Morgan fingerprint density at radius 2 is 1.78 bits per heavy atom. The van der Waals surface area contributed by atoms with Crippen molar-refractivity contribution in [2.45, 2.75) is 26.4 Å². The summed E-state index contributed by atoms with van der Waals surface area (Å²) < 4.78 is 51.4. The third-order valence-corrected chi connectivity index (χ3v) is 3.75. The van der Waals surface area contributed by atoms with Crippen molar-refractivity contribution in [1.29, 1.82) is 0 Å². The summed E-state index contributed by atoms with van der Waals surface area (Å²) >= 11 is 1.03. The van der Waals surface area contributed by atoms with Gasteiger partial charge in [0.05, 0.1) is 7.11 Å². The molecule has 0 spiro atoms. The first kappa shape index (κ1) is 17.3. The van der Waals surface area contributed by atoms with E-state index in [1.54, 1.807) is 26.2 Å². The third-order valence-electron chi connectivity index (χ3n) is 2.86. The van der Waals surface area contributed by atoms with Gasteiger partial charge in [0, 0.05) is 11.1 Å². The minimum atomic E-state index is -1.41. The lowest BCUT2D eigenvalue weighted by molar-refractivity contribution is 0.00760. The molecule has 7 heteroatoms. The largest absolute Gasteiger partial charge is 0.491 e. The third kappa shape index (κ3) is 3.50. The summed E-state index contributed by atoms with van der Waals surface area (Å²) in [5, 5.41) is 1.54. The summed E-state index contributed by atoms with van der Waals surface area (Å²) in [6.45, 7) is 5.08. The van der Waals surface area contributed by atoms with Crippen molar-refractivity contribution in [3.63, 3.8) is 0 Å². The van der Waals surface area contributed by atoms with Gasteiger partial charge in [-0.2, -0.15) is 4.39 Å². The number of ether oxygens (including phenoxy) is 2. The van der Waals surface area contributed by atoms with Gasteiger partial charge in [0.1, 0.15) is 10.5 Å². The molecule has 1 heterocycles. The Kier molecular flexibility index (Phi) is 4.70. The van der Waals surface area contributed by atoms with Gasteiger partial charge in [0.15, 0.2) is 17.4 Å². The van der Waals surface area contributed by atoms with Crippen LogP contribution in [0.3, 0.4) is 0 Å². The van der Waals surface area contributed by atoms with Crippen LogP contribution < -0.4 is 4.74 Å². The Labute approximate surface area is 135 Å². The highest BCUT2D eigenvalue weighted by atomic mass is 32.1. The SMILES string of the molecule is COc1c(F)c(F)cc(-c2ccsc2C(=O)OC(C)(C)C)c1F. The zero-order valence-electron chi connectivity index (χ0n) is 13.0. The molecule has 1 aromatic carbocycles. The van der Waals surface area contributed by atoms with Gasteiger partial charge in [-0.05, 0) is 38.3 Å². The molecule has 0 aliphatic rings. The molecule has 0 N–H and O–H groups in total. The van der Waals surface area contributed by atoms with E-state index < -0.39 is 34.8 Å². The highest BCUT2D eigenvalue weighted by Gasteiger charge is 2.26. The van der Waals surface area contributed by atoms with E-state index in [0.717, 1.165) is 18.4 Å². The molecule has 0 atom stereocenters. The van der Waals surface area contributed by atoms with Gasteiger partial charge in [0.2, 0.25) is 5.82 Å². The molecule has 0 bridgehead atoms. The van der Waals surface area contributed by atoms with Crippen molar-refractivity contribution in [3.8, 4) is 16.9 Å². The summed E-state index contributed by atoms with van der Waals surface area (Å²) in [6.07, 6.45) is 0. The number of esters is 1. The zero-order chi connectivity index (χ0) is 17.4. The fourth-order valence-electron chi connectivity index (χ4n) is 1.96. The van der Waals surface area contributed by atoms with Crippen molar-refractivity contribution >= 4 is 17.3 Å². The lowest BCUT2D eigenvalue weighted by Crippen LogP contribution is -2.23. The summed E-state index contributed by atoms with van der Waals surface area (Å²) in [7, 11) is 1.03. The van der Waals surface area contributed by atoms with E-state index in [1.807, 2.05) is 0 Å². The molecule has 0 unspecified atom stereocenters. The van der Waals surface area contributed by atoms with Gasteiger partial charge < -0.3 is 9.47 Å². The topological polar surface area (TPSA) is 35.5 Å². The quantitative estimate of drug-likeness (QED) is 0.593. The number of benzene rings is 1. The van der Waals surface area contributed by atoms with E-state index in [4.69, 9.17) is 4.74 Å². The Morgan fingerprint density at radius 1 is 1.13 bits per heavy atom. The van der Waals surface area contributed by atoms with Crippen LogP contribution in [0.15, 0.2) is 17.5 Å². The Hall–Kier alpha value is -2.02. The molecule has 0 aliphatic heterocycles. The smallest absolute Gasteiger partial charge is 0.349 e. The van der Waals surface area contributed by atoms with Gasteiger partial charge in [-0.1, -0.05) is 0 Å². The summed E-state index contributed by atoms with van der Waals surface area (Å²) in [4.78, 5) is 12.3. The molecular weight excluding hydrogens is 329 g/mol. The normalized spacial score (nSPS) is 11.4. The Bertz CT molecular complexity index is 748. The minimum Gasteiger partial charge on any atom is -0.491 e. The molecule has 0 amide bonds. The van der Waals surface area contributed by atoms with Crippen LogP contribution in [0.5, 0.6) is 5.75 Å². The minimum absolute atomic E-state index is 0.104. The Balaban J connectivity index is 2.56. The van der Waals surface area contributed by atoms with Crippen LogP contribution in [0.1, 0.15) is 30.4 Å². The predicted octanol–water partition coefficient (Wildman–Crippen LogP) is 4.80. The highest BCUT2D eigenvalue weighted by molar-refractivity contribution is 7.12. The van der Waals surface area contributed by atoms with Crippen LogP contribution in [0, 0.1) is 17.5 Å². The number of rotatable bonds is 3. The maximum absolute atomic E-state index is 14.4. The van der Waals surface area contributed by atoms with Crippen LogP contribution in [0.2, 0.25) is 0 Å². The molecular formula is C16H15F3O3S. The van der Waals surface area contributed by atoms with E-state index in [2.05, 4.69) is 4.74 Å². The van der Waals surface area contributed by atoms with E-state index >= 15 is 0 Å². The first-order chi connectivity index (χ1) is 10.7. The second kappa shape index (κ2) is 6.23. The van der Waals surface area contributed by atoms with Crippen LogP contribution in [-0.2, 0) is 4.74 Å². The van der Waals surface area contributed by atoms with Crippen molar-refractivity contribution in [3.05, 3.63) is 39.8 Å². The van der Waals surface area contributed by atoms with E-state index in [0.29, 0.717) is 6.07 Å². The number of hydrogen-bond donors (Lipinski definition) is 0. The van der Waals surface area contributed by atoms with Crippen LogP contribution in [0.4, 0.5) is 13.2 Å². The monoisotopic (exact) mass is 344 g/mol. The van der Waals surface area contributed by atoms with E-state index in [1.165, 1.54) is 6.07 Å². The number of carbonyl (C=O) groups is 1. The summed E-state index contributed by atoms with van der Waals surface area (Å²) in [5.74, 6) is -5.25. The first-order valence-corrected chi connectivity index (χ1v) is 7.56. The molecule has 2 aromatic rings. The molecule has 0 fully saturated rings. The lowest BCUT2D eigenvalue weighted by Gasteiger charge is -2.19. The molecule has 0 aliphatic carbocycles. The van der Waals surface area contributed by atoms with E-state index in [9.17, 15) is 18.0 Å². The molecule has 3 nitrogen and oxygen atoms in total. The van der Waals surface area contributed by atoms with Gasteiger partial charge in [0.25, 0.3) is 0 Å². The zero-order valence-corrected chi connectivity index (χ0v) is 13.8. The van der Waals surface area contributed by atoms with Crippen LogP contribution in [-0.4, -0.2) is 18.7 Å². The number of carbonyl (C=O) groups excluding carboxylic acids is 1. The first-order valence-electron chi connectivity index (χ1n) is 6.68. The van der Waals surface area contributed by atoms with Crippen molar-refractivity contribution in [1.82, 2.24) is 0 Å². The lowest BCUT2D eigenvalue weighted by atomic mass is 10.0.